The predicted octanol–water partition coefficient (Wildman–Crippen LogP) is 0.772. The van der Waals surface area contributed by atoms with Gasteiger partial charge in [-0.3, -0.25) is 4.79 Å². The highest BCUT2D eigenvalue weighted by molar-refractivity contribution is 7.98. The van der Waals surface area contributed by atoms with Crippen LogP contribution in [0, 0.1) is 11.3 Å². The number of carbonyl (C=O) groups excluding carboxylic acids is 1. The Morgan fingerprint density at radius 1 is 1.60 bits per heavy atom. The highest BCUT2D eigenvalue weighted by Crippen LogP contribution is 2.12. The van der Waals surface area contributed by atoms with E-state index < -0.39 is 0 Å². The van der Waals surface area contributed by atoms with E-state index in [0.717, 1.165) is 0 Å². The number of hydrogen-bond donors (Lipinski definition) is 0. The minimum absolute atomic E-state index is 0.154. The van der Waals surface area contributed by atoms with E-state index >= 15 is 0 Å². The molecule has 1 amide bonds. The van der Waals surface area contributed by atoms with Gasteiger partial charge in [-0.2, -0.15) is 5.26 Å². The molecule has 1 rings (SSSR count). The SMILES string of the molecule is CSc1ncc(C#N)c(C(=O)N(C)C)n1. The smallest absolute Gasteiger partial charge is 0.273 e. The zero-order valence-electron chi connectivity index (χ0n) is 8.68. The van der Waals surface area contributed by atoms with Crippen molar-refractivity contribution < 1.29 is 4.79 Å². The number of aromatic nitrogens is 2. The summed E-state index contributed by atoms with van der Waals surface area (Å²) in [6.07, 6.45) is 3.18. The van der Waals surface area contributed by atoms with Crippen LogP contribution >= 0.6 is 11.8 Å². The van der Waals surface area contributed by atoms with Crippen LogP contribution < -0.4 is 0 Å². The first-order valence-corrected chi connectivity index (χ1v) is 5.35. The third kappa shape index (κ3) is 2.44. The molecule has 6 heteroatoms. The van der Waals surface area contributed by atoms with Gasteiger partial charge in [0, 0.05) is 14.1 Å². The van der Waals surface area contributed by atoms with Gasteiger partial charge in [0.15, 0.2) is 10.9 Å². The second-order valence-corrected chi connectivity index (χ2v) is 3.70. The molecule has 0 radical (unpaired) electrons. The number of rotatable bonds is 2. The Kier molecular flexibility index (Phi) is 3.63. The van der Waals surface area contributed by atoms with Gasteiger partial charge < -0.3 is 4.90 Å². The second kappa shape index (κ2) is 4.75. The second-order valence-electron chi connectivity index (χ2n) is 2.93. The van der Waals surface area contributed by atoms with E-state index in [0.29, 0.717) is 5.16 Å². The highest BCUT2D eigenvalue weighted by Gasteiger charge is 2.16. The third-order valence-corrected chi connectivity index (χ3v) is 2.24. The molecule has 78 valence electrons. The van der Waals surface area contributed by atoms with Crippen molar-refractivity contribution in [2.75, 3.05) is 20.4 Å². The average molecular weight is 222 g/mol. The van der Waals surface area contributed by atoms with Gasteiger partial charge in [0.05, 0.1) is 6.20 Å². The van der Waals surface area contributed by atoms with Crippen LogP contribution in [0.25, 0.3) is 0 Å². The fourth-order valence-corrected chi connectivity index (χ4v) is 1.26. The summed E-state index contributed by atoms with van der Waals surface area (Å²) in [5, 5.41) is 9.29. The molecule has 0 atom stereocenters. The molecule has 0 spiro atoms. The van der Waals surface area contributed by atoms with Gasteiger partial charge in [-0.25, -0.2) is 9.97 Å². The molecule has 0 unspecified atom stereocenters. The first kappa shape index (κ1) is 11.5. The Morgan fingerprint density at radius 3 is 2.73 bits per heavy atom. The Bertz CT molecular complexity index is 425. The van der Waals surface area contributed by atoms with E-state index in [9.17, 15) is 4.79 Å². The fourth-order valence-electron chi connectivity index (χ4n) is 0.921. The maximum absolute atomic E-state index is 11.7. The van der Waals surface area contributed by atoms with Gasteiger partial charge in [-0.05, 0) is 6.26 Å². The summed E-state index contributed by atoms with van der Waals surface area (Å²) in [6.45, 7) is 0. The van der Waals surface area contributed by atoms with Crippen molar-refractivity contribution in [1.82, 2.24) is 14.9 Å². The molecule has 1 heterocycles. The van der Waals surface area contributed by atoms with Crippen LogP contribution in [0.5, 0.6) is 0 Å². The number of hydrogen-bond acceptors (Lipinski definition) is 5. The quantitative estimate of drug-likeness (QED) is 0.546. The predicted molar refractivity (Wildman–Crippen MR) is 56.5 cm³/mol. The molecule has 0 N–H and O–H groups in total. The highest BCUT2D eigenvalue weighted by atomic mass is 32.2. The standard InChI is InChI=1S/C9H10N4OS/c1-13(2)8(14)7-6(4-10)5-11-9(12-7)15-3/h5H,1-3H3. The first-order chi connectivity index (χ1) is 7.10. The molecule has 0 saturated heterocycles. The van der Waals surface area contributed by atoms with Crippen LogP contribution in [0.15, 0.2) is 11.4 Å². The third-order valence-electron chi connectivity index (χ3n) is 1.68. The van der Waals surface area contributed by atoms with Crippen molar-refractivity contribution >= 4 is 17.7 Å². The maximum Gasteiger partial charge on any atom is 0.273 e. The van der Waals surface area contributed by atoms with Crippen molar-refractivity contribution in [3.8, 4) is 6.07 Å². The minimum Gasteiger partial charge on any atom is -0.343 e. The summed E-state index contributed by atoms with van der Waals surface area (Å²) in [7, 11) is 3.23. The van der Waals surface area contributed by atoms with Crippen LogP contribution in [0.4, 0.5) is 0 Å². The summed E-state index contributed by atoms with van der Waals surface area (Å²) in [5.74, 6) is -0.288. The van der Waals surface area contributed by atoms with Gasteiger partial charge in [-0.15, -0.1) is 0 Å². The number of nitriles is 1. The van der Waals surface area contributed by atoms with Crippen LogP contribution in [0.3, 0.4) is 0 Å². The normalized spacial score (nSPS) is 9.47. The molecule has 0 bridgehead atoms. The molecule has 0 aromatic carbocycles. The molecular weight excluding hydrogens is 212 g/mol. The van der Waals surface area contributed by atoms with E-state index in [-0.39, 0.29) is 17.2 Å². The molecule has 0 aliphatic rings. The lowest BCUT2D eigenvalue weighted by Crippen LogP contribution is -2.24. The van der Waals surface area contributed by atoms with Crippen molar-refractivity contribution in [1.29, 1.82) is 5.26 Å². The number of carbonyl (C=O) groups is 1. The van der Waals surface area contributed by atoms with Crippen molar-refractivity contribution in [2.45, 2.75) is 5.16 Å². The molecular formula is C9H10N4OS. The molecule has 0 fully saturated rings. The summed E-state index contributed by atoms with van der Waals surface area (Å²) in [4.78, 5) is 21.0. The van der Waals surface area contributed by atoms with Crippen LogP contribution in [0.1, 0.15) is 16.1 Å². The lowest BCUT2D eigenvalue weighted by molar-refractivity contribution is 0.0820. The largest absolute Gasteiger partial charge is 0.343 e. The van der Waals surface area contributed by atoms with E-state index in [4.69, 9.17) is 5.26 Å². The van der Waals surface area contributed by atoms with Crippen LogP contribution in [0.2, 0.25) is 0 Å². The molecule has 0 aliphatic heterocycles. The van der Waals surface area contributed by atoms with Gasteiger partial charge in [0.2, 0.25) is 0 Å². The Balaban J connectivity index is 3.25. The van der Waals surface area contributed by atoms with Crippen LogP contribution in [-0.4, -0.2) is 41.1 Å². The maximum atomic E-state index is 11.7. The van der Waals surface area contributed by atoms with E-state index in [2.05, 4.69) is 9.97 Å². The lowest BCUT2D eigenvalue weighted by atomic mass is 10.2. The van der Waals surface area contributed by atoms with Gasteiger partial charge in [-0.1, -0.05) is 11.8 Å². The molecule has 1 aromatic heterocycles. The Labute approximate surface area is 92.1 Å². The first-order valence-electron chi connectivity index (χ1n) is 4.13. The average Bonchev–Trinajstić information content (AvgIpc) is 2.27. The molecule has 15 heavy (non-hydrogen) atoms. The van der Waals surface area contributed by atoms with E-state index in [1.807, 2.05) is 12.3 Å². The summed E-state index contributed by atoms with van der Waals surface area (Å²) in [5.41, 5.74) is 0.355. The molecule has 5 nitrogen and oxygen atoms in total. The molecule has 0 saturated carbocycles. The Morgan fingerprint density at radius 2 is 2.27 bits per heavy atom. The van der Waals surface area contributed by atoms with Crippen molar-refractivity contribution in [2.24, 2.45) is 0 Å². The summed E-state index contributed by atoms with van der Waals surface area (Å²) >= 11 is 1.33. The van der Waals surface area contributed by atoms with Gasteiger partial charge in [0.1, 0.15) is 11.6 Å². The fraction of sp³-hybridized carbons (Fsp3) is 0.333. The van der Waals surface area contributed by atoms with Crippen molar-refractivity contribution in [3.05, 3.63) is 17.5 Å². The number of nitrogens with zero attached hydrogens (tertiary/aromatic N) is 4. The lowest BCUT2D eigenvalue weighted by Gasteiger charge is -2.10. The zero-order chi connectivity index (χ0) is 11.4. The number of amides is 1. The molecule has 0 aliphatic carbocycles. The topological polar surface area (TPSA) is 69.9 Å². The summed E-state index contributed by atoms with van der Waals surface area (Å²) in [6, 6.07) is 1.90. The van der Waals surface area contributed by atoms with Crippen LogP contribution in [-0.2, 0) is 0 Å². The zero-order valence-corrected chi connectivity index (χ0v) is 9.50. The van der Waals surface area contributed by atoms with Gasteiger partial charge in [0.25, 0.3) is 5.91 Å². The number of thioether (sulfide) groups is 1. The van der Waals surface area contributed by atoms with E-state index in [1.54, 1.807) is 14.1 Å². The minimum atomic E-state index is -0.288. The molecule has 1 aromatic rings. The van der Waals surface area contributed by atoms with Gasteiger partial charge >= 0.3 is 0 Å². The van der Waals surface area contributed by atoms with E-state index in [1.165, 1.54) is 22.9 Å². The Hall–Kier alpha value is -1.61. The monoisotopic (exact) mass is 222 g/mol. The summed E-state index contributed by atoms with van der Waals surface area (Å²) < 4.78 is 0. The van der Waals surface area contributed by atoms with Crippen molar-refractivity contribution in [3.63, 3.8) is 0 Å².